The lowest BCUT2D eigenvalue weighted by atomic mass is 10.0. The second-order valence-electron chi connectivity index (χ2n) is 7.39. The molecule has 166 valence electrons. The molecule has 1 aliphatic heterocycles. The van der Waals surface area contributed by atoms with Crippen molar-refractivity contribution in [3.8, 4) is 0 Å². The number of carbonyl (C=O) groups is 3. The maximum absolute atomic E-state index is 13.0. The number of ether oxygens (including phenoxy) is 2. The summed E-state index contributed by atoms with van der Waals surface area (Å²) in [4.78, 5) is 41.0. The van der Waals surface area contributed by atoms with Gasteiger partial charge in [0.25, 0.3) is 0 Å². The highest BCUT2D eigenvalue weighted by Gasteiger charge is 2.36. The number of benzene rings is 1. The van der Waals surface area contributed by atoms with Crippen LogP contribution >= 0.6 is 11.6 Å². The molecule has 0 spiro atoms. The summed E-state index contributed by atoms with van der Waals surface area (Å²) < 4.78 is 9.92. The van der Waals surface area contributed by atoms with Gasteiger partial charge in [0.15, 0.2) is 0 Å². The van der Waals surface area contributed by atoms with Crippen molar-refractivity contribution in [2.75, 3.05) is 39.9 Å². The molecule has 2 unspecified atom stereocenters. The number of esters is 1. The van der Waals surface area contributed by atoms with Crippen LogP contribution in [0.3, 0.4) is 0 Å². The Hall–Kier alpha value is -2.32. The Bertz CT molecular complexity index is 750. The Morgan fingerprint density at radius 3 is 2.30 bits per heavy atom. The van der Waals surface area contributed by atoms with Crippen LogP contribution in [0.1, 0.15) is 32.4 Å². The molecule has 1 aliphatic rings. The number of piperazine rings is 1. The predicted molar refractivity (Wildman–Crippen MR) is 113 cm³/mol. The van der Waals surface area contributed by atoms with Gasteiger partial charge in [-0.1, -0.05) is 43.6 Å². The molecule has 1 aromatic carbocycles. The molecule has 0 bridgehead atoms. The summed E-state index contributed by atoms with van der Waals surface area (Å²) in [7, 11) is 1.35. The van der Waals surface area contributed by atoms with Crippen LogP contribution in [0.25, 0.3) is 0 Å². The third-order valence-electron chi connectivity index (χ3n) is 5.10. The van der Waals surface area contributed by atoms with Crippen LogP contribution in [0.15, 0.2) is 24.3 Å². The van der Waals surface area contributed by atoms with Crippen LogP contribution in [0.4, 0.5) is 4.79 Å². The van der Waals surface area contributed by atoms with Gasteiger partial charge in [0.05, 0.1) is 13.7 Å². The molecule has 0 aliphatic carbocycles. The number of nitrogens with one attached hydrogen (secondary N) is 1. The third kappa shape index (κ3) is 5.86. The number of hydrogen-bond acceptors (Lipinski definition) is 6. The van der Waals surface area contributed by atoms with E-state index in [-0.39, 0.29) is 18.4 Å². The monoisotopic (exact) mass is 439 g/mol. The van der Waals surface area contributed by atoms with Gasteiger partial charge in [0, 0.05) is 31.2 Å². The first-order chi connectivity index (χ1) is 14.3. The Balaban J connectivity index is 2.09. The second-order valence-corrected chi connectivity index (χ2v) is 7.80. The lowest BCUT2D eigenvalue weighted by Crippen LogP contribution is -2.57. The van der Waals surface area contributed by atoms with E-state index in [1.54, 1.807) is 30.0 Å². The lowest BCUT2D eigenvalue weighted by Gasteiger charge is -2.40. The lowest BCUT2D eigenvalue weighted by molar-refractivity contribution is -0.149. The maximum Gasteiger partial charge on any atom is 0.407 e. The normalized spacial score (nSPS) is 16.7. The van der Waals surface area contributed by atoms with Crippen molar-refractivity contribution in [2.24, 2.45) is 5.92 Å². The van der Waals surface area contributed by atoms with Crippen molar-refractivity contribution in [1.29, 1.82) is 0 Å². The minimum atomic E-state index is -0.671. The molecule has 2 rings (SSSR count). The molecular weight excluding hydrogens is 410 g/mol. The summed E-state index contributed by atoms with van der Waals surface area (Å²) in [6.45, 7) is 7.48. The average Bonchev–Trinajstić information content (AvgIpc) is 2.73. The Kier molecular flexibility index (Phi) is 8.92. The van der Waals surface area contributed by atoms with E-state index < -0.39 is 24.1 Å². The fraction of sp³-hybridized carbons (Fsp3) is 0.571. The third-order valence-corrected chi connectivity index (χ3v) is 5.44. The molecule has 30 heavy (non-hydrogen) atoms. The highest BCUT2D eigenvalue weighted by atomic mass is 35.5. The van der Waals surface area contributed by atoms with Gasteiger partial charge in [-0.3, -0.25) is 9.69 Å². The zero-order chi connectivity index (χ0) is 22.3. The number of hydrogen-bond donors (Lipinski definition) is 1. The standard InChI is InChI=1S/C21H30ClN3O5/c1-5-30-21(28)23-17(14(2)3)19(26)25-12-10-24(11-13-25)18(20(27)29-4)15-8-6-7-9-16(15)22/h6-9,14,17-18H,5,10-13H2,1-4H3,(H,23,28). The van der Waals surface area contributed by atoms with Gasteiger partial charge >= 0.3 is 12.1 Å². The minimum absolute atomic E-state index is 0.0918. The number of rotatable bonds is 7. The fourth-order valence-electron chi connectivity index (χ4n) is 3.49. The number of methoxy groups -OCH3 is 1. The summed E-state index contributed by atoms with van der Waals surface area (Å²) in [5.41, 5.74) is 0.676. The zero-order valence-electron chi connectivity index (χ0n) is 17.9. The SMILES string of the molecule is CCOC(=O)NC(C(=O)N1CCN(C(C(=O)OC)c2ccccc2Cl)CC1)C(C)C. The van der Waals surface area contributed by atoms with E-state index in [0.717, 1.165) is 0 Å². The topological polar surface area (TPSA) is 88.2 Å². The summed E-state index contributed by atoms with van der Waals surface area (Å²) in [5.74, 6) is -0.650. The fourth-order valence-corrected chi connectivity index (χ4v) is 3.73. The summed E-state index contributed by atoms with van der Waals surface area (Å²) in [6, 6.07) is 5.86. The molecule has 1 N–H and O–H groups in total. The van der Waals surface area contributed by atoms with Crippen LogP contribution < -0.4 is 5.32 Å². The molecule has 1 saturated heterocycles. The van der Waals surface area contributed by atoms with Gasteiger partial charge in [-0.2, -0.15) is 0 Å². The van der Waals surface area contributed by atoms with Crippen molar-refractivity contribution in [3.05, 3.63) is 34.9 Å². The molecule has 9 heteroatoms. The largest absolute Gasteiger partial charge is 0.468 e. The minimum Gasteiger partial charge on any atom is -0.468 e. The molecule has 0 saturated carbocycles. The smallest absolute Gasteiger partial charge is 0.407 e. The van der Waals surface area contributed by atoms with Crippen LogP contribution in [-0.2, 0) is 19.1 Å². The van der Waals surface area contributed by atoms with Gasteiger partial charge in [0.1, 0.15) is 12.1 Å². The number of halogens is 1. The van der Waals surface area contributed by atoms with Crippen molar-refractivity contribution in [1.82, 2.24) is 15.1 Å². The van der Waals surface area contributed by atoms with Gasteiger partial charge in [-0.25, -0.2) is 9.59 Å². The highest BCUT2D eigenvalue weighted by Crippen LogP contribution is 2.29. The molecule has 0 radical (unpaired) electrons. The van der Waals surface area contributed by atoms with Crippen molar-refractivity contribution >= 4 is 29.6 Å². The van der Waals surface area contributed by atoms with Gasteiger partial charge in [-0.15, -0.1) is 0 Å². The molecule has 2 amide bonds. The van der Waals surface area contributed by atoms with E-state index in [0.29, 0.717) is 36.8 Å². The van der Waals surface area contributed by atoms with E-state index in [2.05, 4.69) is 5.32 Å². The van der Waals surface area contributed by atoms with Gasteiger partial charge in [0.2, 0.25) is 5.91 Å². The highest BCUT2D eigenvalue weighted by molar-refractivity contribution is 6.31. The molecule has 8 nitrogen and oxygen atoms in total. The van der Waals surface area contributed by atoms with E-state index in [9.17, 15) is 14.4 Å². The number of amides is 2. The number of carbonyl (C=O) groups excluding carboxylic acids is 3. The quantitative estimate of drug-likeness (QED) is 0.656. The first-order valence-electron chi connectivity index (χ1n) is 10.1. The molecule has 1 fully saturated rings. The first-order valence-corrected chi connectivity index (χ1v) is 10.5. The summed E-state index contributed by atoms with van der Waals surface area (Å²) >= 11 is 6.32. The van der Waals surface area contributed by atoms with Crippen LogP contribution in [-0.4, -0.2) is 73.7 Å². The van der Waals surface area contributed by atoms with E-state index in [4.69, 9.17) is 21.1 Å². The summed E-state index contributed by atoms with van der Waals surface area (Å²) in [6.07, 6.45) is -0.604. The van der Waals surface area contributed by atoms with Crippen molar-refractivity contribution in [3.63, 3.8) is 0 Å². The van der Waals surface area contributed by atoms with Crippen LogP contribution in [0.5, 0.6) is 0 Å². The van der Waals surface area contributed by atoms with Crippen LogP contribution in [0.2, 0.25) is 5.02 Å². The summed E-state index contributed by atoms with van der Waals surface area (Å²) in [5, 5.41) is 3.14. The Labute approximate surface area is 182 Å². The average molecular weight is 440 g/mol. The molecular formula is C21H30ClN3O5. The Morgan fingerprint density at radius 1 is 1.13 bits per heavy atom. The zero-order valence-corrected chi connectivity index (χ0v) is 18.6. The van der Waals surface area contributed by atoms with E-state index >= 15 is 0 Å². The second kappa shape index (κ2) is 11.2. The van der Waals surface area contributed by atoms with Crippen molar-refractivity contribution in [2.45, 2.75) is 32.9 Å². The first kappa shape index (κ1) is 24.0. The molecule has 1 heterocycles. The predicted octanol–water partition coefficient (Wildman–Crippen LogP) is 2.47. The maximum atomic E-state index is 13.0. The van der Waals surface area contributed by atoms with Crippen LogP contribution in [0, 0.1) is 5.92 Å². The molecule has 0 aromatic heterocycles. The molecule has 1 aromatic rings. The number of alkyl carbamates (subject to hydrolysis) is 1. The van der Waals surface area contributed by atoms with E-state index in [1.807, 2.05) is 24.8 Å². The van der Waals surface area contributed by atoms with Gasteiger partial charge in [-0.05, 0) is 24.5 Å². The molecule has 2 atom stereocenters. The van der Waals surface area contributed by atoms with E-state index in [1.165, 1.54) is 7.11 Å². The Morgan fingerprint density at radius 2 is 1.77 bits per heavy atom. The number of nitrogens with zero attached hydrogens (tertiary/aromatic N) is 2. The van der Waals surface area contributed by atoms with Crippen molar-refractivity contribution < 1.29 is 23.9 Å². The van der Waals surface area contributed by atoms with Gasteiger partial charge < -0.3 is 19.7 Å².